The van der Waals surface area contributed by atoms with Gasteiger partial charge in [-0.1, -0.05) is 103 Å². The fourth-order valence-corrected chi connectivity index (χ4v) is 15.4. The Bertz CT molecular complexity index is 6760. The summed E-state index contributed by atoms with van der Waals surface area (Å²) >= 11 is 0. The lowest BCUT2D eigenvalue weighted by molar-refractivity contribution is 0.0674. The van der Waals surface area contributed by atoms with E-state index in [0.717, 1.165) is 47.3 Å². The van der Waals surface area contributed by atoms with E-state index in [1.807, 2.05) is 0 Å². The summed E-state index contributed by atoms with van der Waals surface area (Å²) in [6, 6.07) is 25.8. The van der Waals surface area contributed by atoms with E-state index < -0.39 is 259 Å². The summed E-state index contributed by atoms with van der Waals surface area (Å²) in [6.07, 6.45) is 1.85. The molecule has 10 aromatic carbocycles. The van der Waals surface area contributed by atoms with Gasteiger partial charge in [0.1, 0.15) is 38.1 Å². The first-order valence-corrected chi connectivity index (χ1v) is 41.8. The first kappa shape index (κ1) is 108. The number of ketones is 5. The Morgan fingerprint density at radius 2 is 0.664 bits per heavy atom. The molecule has 0 radical (unpaired) electrons. The summed E-state index contributed by atoms with van der Waals surface area (Å²) in [7, 11) is -8.81. The fourth-order valence-electron chi connectivity index (χ4n) is 12.2. The molecule has 0 bridgehead atoms. The summed E-state index contributed by atoms with van der Waals surface area (Å²) in [5, 5.41) is 2.06. The molecular weight excluding hydrogens is 1930 g/mol. The van der Waals surface area contributed by atoms with Crippen LogP contribution in [-0.2, 0) is 59.3 Å². The van der Waals surface area contributed by atoms with E-state index in [-0.39, 0.29) is 76.9 Å². The van der Waals surface area contributed by atoms with Crippen molar-refractivity contribution >= 4 is 66.7 Å². The minimum Gasteiger partial charge on any atom is -0.348 e. The summed E-state index contributed by atoms with van der Waals surface area (Å²) in [5.41, 5.74) is -2.46. The largest absolute Gasteiger partial charge is 0.348 e. The Morgan fingerprint density at radius 1 is 0.343 bits per heavy atom. The molecule has 46 heteroatoms. The van der Waals surface area contributed by atoms with Gasteiger partial charge in [-0.2, -0.15) is 13.0 Å². The zero-order valence-electron chi connectivity index (χ0n) is 71.4. The molecule has 1 saturated carbocycles. The average molecular weight is 1990 g/mol. The number of halogens is 26. The summed E-state index contributed by atoms with van der Waals surface area (Å²) in [4.78, 5) is 95.0. The standard InChI is InChI=1S/C21H14F6N2O3S.C19H16F5NO2.C18H14F5NO3S.C17H12F5NO2.C16H10F5NO2/c1-11(30)12-4-5-13(15(22)7-12)9-29(10-14-3-2-6-28-21(14)27)33(31,32)17-8-16(23)18(24)20(26)19(17)25;1-9(2)25(8-11-4-6-12(7-5-11)10(3)26)19(27)13-14(20)16(22)18(24)17(23)15(13)21;1-9(25)10-2-3-11(13(19)6-10)8-24(12-4-5-12)28(26,27)15-7-14(20)16(21)18(23)17(15)22;1-8(24)10-5-3-9(4-6-10)7-23(2)17(25)11-12(18)14(20)16(22)15(21)13(11)19;1-7(23)9-4-2-8(3-5-9)6-22-16(24)10-11(17)13(19)15(21)14(20)12(10)18/h2-8H,9-10H2,1H3;4-7,9H,8H2,1-3H3;2-3,6-7,12H,4-5,8H2,1H3;3-6H,7H2,1-2H3;2-5H,6H2,1H3,(H,22,24). The second kappa shape index (κ2) is 45.2. The Balaban J connectivity index is 0.000000211. The Morgan fingerprint density at radius 3 is 1.02 bits per heavy atom. The van der Waals surface area contributed by atoms with E-state index in [1.165, 1.54) is 146 Å². The number of rotatable bonds is 26. The smallest absolute Gasteiger partial charge is 0.260 e. The van der Waals surface area contributed by atoms with Crippen molar-refractivity contribution in [1.82, 2.24) is 28.7 Å². The van der Waals surface area contributed by atoms with Crippen molar-refractivity contribution in [2.75, 3.05) is 7.05 Å². The van der Waals surface area contributed by atoms with Gasteiger partial charge in [0.15, 0.2) is 145 Å². The number of pyridine rings is 1. The number of nitrogens with one attached hydrogen (secondary N) is 1. The van der Waals surface area contributed by atoms with Crippen LogP contribution in [0.2, 0.25) is 0 Å². The molecule has 0 aliphatic heterocycles. The van der Waals surface area contributed by atoms with Crippen molar-refractivity contribution in [3.8, 4) is 0 Å². The second-order valence-corrected chi connectivity index (χ2v) is 33.6. The molecule has 1 fully saturated rings. The van der Waals surface area contributed by atoms with Crippen LogP contribution in [0.25, 0.3) is 0 Å². The number of carbonyl (C=O) groups excluding carboxylic acids is 8. The van der Waals surface area contributed by atoms with Crippen LogP contribution in [0.3, 0.4) is 0 Å². The highest BCUT2D eigenvalue weighted by Crippen LogP contribution is 2.38. The van der Waals surface area contributed by atoms with Gasteiger partial charge >= 0.3 is 0 Å². The number of carbonyl (C=O) groups is 8. The number of benzene rings is 10. The predicted molar refractivity (Wildman–Crippen MR) is 432 cm³/mol. The fraction of sp³-hybridized carbons (Fsp3) is 0.198. The maximum atomic E-state index is 14.5. The minimum absolute atomic E-state index is 0.0160. The molecule has 0 spiro atoms. The molecular formula is C91H66F26N6O12S2. The monoisotopic (exact) mass is 1990 g/mol. The molecule has 726 valence electrons. The van der Waals surface area contributed by atoms with Crippen molar-refractivity contribution in [1.29, 1.82) is 0 Å². The Labute approximate surface area is 759 Å². The highest BCUT2D eigenvalue weighted by Gasteiger charge is 2.43. The van der Waals surface area contributed by atoms with Gasteiger partial charge in [0.25, 0.3) is 17.7 Å². The lowest BCUT2D eigenvalue weighted by atomic mass is 10.1. The van der Waals surface area contributed by atoms with Crippen molar-refractivity contribution in [2.45, 2.75) is 122 Å². The number of Topliss-reactive ketones (excluding diaryl/α,β-unsaturated/α-hetero) is 5. The molecule has 11 aromatic rings. The topological polar surface area (TPSA) is 243 Å². The van der Waals surface area contributed by atoms with Gasteiger partial charge in [-0.15, -0.1) is 0 Å². The zero-order valence-corrected chi connectivity index (χ0v) is 73.0. The van der Waals surface area contributed by atoms with Gasteiger partial charge in [-0.25, -0.2) is 132 Å². The third kappa shape index (κ3) is 25.1. The second-order valence-electron chi connectivity index (χ2n) is 29.8. The lowest BCUT2D eigenvalue weighted by Crippen LogP contribution is -2.38. The molecule has 3 amide bonds. The minimum atomic E-state index is -5.17. The van der Waals surface area contributed by atoms with Crippen LogP contribution < -0.4 is 5.32 Å². The molecule has 0 unspecified atom stereocenters. The molecule has 137 heavy (non-hydrogen) atoms. The highest BCUT2D eigenvalue weighted by atomic mass is 32.2. The van der Waals surface area contributed by atoms with E-state index in [4.69, 9.17) is 0 Å². The molecule has 0 atom stereocenters. The van der Waals surface area contributed by atoms with Gasteiger partial charge in [-0.05, 0) is 96.2 Å². The van der Waals surface area contributed by atoms with Crippen molar-refractivity contribution in [3.05, 3.63) is 369 Å². The van der Waals surface area contributed by atoms with E-state index in [1.54, 1.807) is 0 Å². The van der Waals surface area contributed by atoms with Gasteiger partial charge in [0.2, 0.25) is 43.4 Å². The molecule has 1 heterocycles. The van der Waals surface area contributed by atoms with Crippen molar-refractivity contribution < 1.29 is 169 Å². The van der Waals surface area contributed by atoms with Crippen LogP contribution in [-0.4, -0.2) is 106 Å². The van der Waals surface area contributed by atoms with E-state index in [0.29, 0.717) is 54.8 Å². The average Bonchev–Trinajstić information content (AvgIpc) is 1.69. The third-order valence-corrected chi connectivity index (χ3v) is 23.6. The Kier molecular flexibility index (Phi) is 35.8. The Hall–Kier alpha value is -13.9. The van der Waals surface area contributed by atoms with Gasteiger partial charge in [-0.3, -0.25) is 38.4 Å². The van der Waals surface area contributed by atoms with Gasteiger partial charge in [0.05, 0.1) is 0 Å². The van der Waals surface area contributed by atoms with E-state index in [9.17, 15) is 169 Å². The highest BCUT2D eigenvalue weighted by molar-refractivity contribution is 7.89. The molecule has 1 N–H and O–H groups in total. The normalized spacial score (nSPS) is 11.8. The van der Waals surface area contributed by atoms with Crippen molar-refractivity contribution in [3.63, 3.8) is 0 Å². The zero-order chi connectivity index (χ0) is 103. The SMILES string of the molecule is CC(=O)c1ccc(CN(C(=O)c2c(F)c(F)c(F)c(F)c2F)C(C)C)cc1.CC(=O)c1ccc(CN(C)C(=O)c2c(F)c(F)c(F)c(F)c2F)cc1.CC(=O)c1ccc(CN(C2CC2)S(=O)(=O)c2cc(F)c(F)c(F)c2F)c(F)c1.CC(=O)c1ccc(CN(Cc2cccnc2F)S(=O)(=O)c2cc(F)c(F)c(F)c2F)c(F)c1.CC(=O)c1ccc(CNC(=O)c2c(F)c(F)c(F)c(F)c2F)cc1. The predicted octanol–water partition coefficient (Wildman–Crippen LogP) is 20.5. The molecule has 18 nitrogen and oxygen atoms in total. The van der Waals surface area contributed by atoms with Crippen LogP contribution in [0.15, 0.2) is 149 Å². The first-order valence-electron chi connectivity index (χ1n) is 39.0. The van der Waals surface area contributed by atoms with Crippen LogP contribution >= 0.6 is 0 Å². The van der Waals surface area contributed by atoms with Crippen LogP contribution in [0.4, 0.5) is 114 Å². The molecule has 1 aliphatic carbocycles. The maximum absolute atomic E-state index is 14.5. The van der Waals surface area contributed by atoms with Crippen LogP contribution in [0.1, 0.15) is 178 Å². The summed E-state index contributed by atoms with van der Waals surface area (Å²) in [6.45, 7) is 6.83. The quantitative estimate of drug-likeness (QED) is 0.0175. The van der Waals surface area contributed by atoms with Gasteiger partial charge < -0.3 is 15.1 Å². The third-order valence-electron chi connectivity index (χ3n) is 19.9. The number of hydrogen-bond acceptors (Lipinski definition) is 13. The summed E-state index contributed by atoms with van der Waals surface area (Å²) in [5.74, 6) is -58.7. The molecule has 0 saturated heterocycles. The maximum Gasteiger partial charge on any atom is 0.260 e. The first-order chi connectivity index (χ1) is 63.9. The van der Waals surface area contributed by atoms with Crippen LogP contribution in [0, 0.1) is 151 Å². The van der Waals surface area contributed by atoms with Crippen LogP contribution in [0.5, 0.6) is 0 Å². The summed E-state index contributed by atoms with van der Waals surface area (Å²) < 4.78 is 406. The molecule has 12 rings (SSSR count). The lowest BCUT2D eigenvalue weighted by Gasteiger charge is -2.27. The molecule has 1 aliphatic rings. The number of amides is 3. The van der Waals surface area contributed by atoms with Gasteiger partial charge in [0, 0.05) is 121 Å². The van der Waals surface area contributed by atoms with Crippen molar-refractivity contribution in [2.24, 2.45) is 0 Å². The number of aromatic nitrogens is 1. The van der Waals surface area contributed by atoms with E-state index >= 15 is 0 Å². The van der Waals surface area contributed by atoms with E-state index in [2.05, 4.69) is 10.3 Å². The number of nitrogens with zero attached hydrogens (tertiary/aromatic N) is 5. The number of hydrogen-bond donors (Lipinski definition) is 1. The molecule has 1 aromatic heterocycles. The number of sulfonamides is 2.